The van der Waals surface area contributed by atoms with E-state index in [9.17, 15) is 0 Å². The topological polar surface area (TPSA) is 66.5 Å². The lowest BCUT2D eigenvalue weighted by atomic mass is 10.3. The standard InChI is InChI=1S/C6H6O2.C3H9N/c7-5-3-1-2-4-6(5)8;1-2-3-4/h1-4,7-8H;2-4H2,1H3. The molecule has 0 aliphatic carbocycles. The summed E-state index contributed by atoms with van der Waals surface area (Å²) in [5, 5.41) is 17.3. The van der Waals surface area contributed by atoms with Gasteiger partial charge in [0.1, 0.15) is 0 Å². The van der Waals surface area contributed by atoms with Gasteiger partial charge in [0.15, 0.2) is 11.5 Å². The maximum atomic E-state index is 8.67. The molecule has 0 atom stereocenters. The third-order valence-electron chi connectivity index (χ3n) is 1.17. The average Bonchev–Trinajstić information content (AvgIpc) is 2.11. The molecule has 0 amide bonds. The molecule has 3 nitrogen and oxygen atoms in total. The summed E-state index contributed by atoms with van der Waals surface area (Å²) in [5.41, 5.74) is 5.03. The molecule has 0 fully saturated rings. The first-order chi connectivity index (χ1) is 5.72. The predicted molar refractivity (Wildman–Crippen MR) is 49.1 cm³/mol. The molecule has 1 aromatic carbocycles. The Balaban J connectivity index is 0.000000261. The number of phenolic OH excluding ortho intramolecular Hbond substituents is 2. The van der Waals surface area contributed by atoms with Crippen molar-refractivity contribution < 1.29 is 10.2 Å². The quantitative estimate of drug-likeness (QED) is 0.557. The van der Waals surface area contributed by atoms with Crippen LogP contribution in [0.5, 0.6) is 11.5 Å². The molecule has 4 N–H and O–H groups in total. The molecular weight excluding hydrogens is 154 g/mol. The van der Waals surface area contributed by atoms with E-state index >= 15 is 0 Å². The lowest BCUT2D eigenvalue weighted by Gasteiger charge is -1.91. The van der Waals surface area contributed by atoms with Gasteiger partial charge in [0.05, 0.1) is 0 Å². The van der Waals surface area contributed by atoms with Crippen LogP contribution in [0.25, 0.3) is 0 Å². The van der Waals surface area contributed by atoms with Crippen molar-refractivity contribution in [2.45, 2.75) is 13.3 Å². The summed E-state index contributed by atoms with van der Waals surface area (Å²) in [6, 6.07) is 6.15. The van der Waals surface area contributed by atoms with Crippen molar-refractivity contribution in [3.63, 3.8) is 0 Å². The first-order valence-electron chi connectivity index (χ1n) is 3.89. The summed E-state index contributed by atoms with van der Waals surface area (Å²) in [6.07, 6.45) is 1.10. The van der Waals surface area contributed by atoms with Crippen molar-refractivity contribution in [2.75, 3.05) is 6.54 Å². The number of para-hydroxylation sites is 2. The van der Waals surface area contributed by atoms with Crippen molar-refractivity contribution in [1.82, 2.24) is 0 Å². The van der Waals surface area contributed by atoms with Gasteiger partial charge in [-0.3, -0.25) is 0 Å². The minimum atomic E-state index is -0.0764. The van der Waals surface area contributed by atoms with Gasteiger partial charge < -0.3 is 15.9 Å². The highest BCUT2D eigenvalue weighted by molar-refractivity contribution is 5.36. The second-order valence-corrected chi connectivity index (χ2v) is 2.28. The number of hydrogen-bond acceptors (Lipinski definition) is 3. The van der Waals surface area contributed by atoms with E-state index in [0.29, 0.717) is 0 Å². The molecule has 0 aliphatic heterocycles. The highest BCUT2D eigenvalue weighted by Crippen LogP contribution is 2.21. The van der Waals surface area contributed by atoms with Crippen LogP contribution in [0.1, 0.15) is 13.3 Å². The minimum absolute atomic E-state index is 0.0764. The summed E-state index contributed by atoms with van der Waals surface area (Å²) >= 11 is 0. The van der Waals surface area contributed by atoms with E-state index in [1.54, 1.807) is 12.1 Å². The van der Waals surface area contributed by atoms with Gasteiger partial charge in [-0.25, -0.2) is 0 Å². The normalized spacial score (nSPS) is 8.50. The average molecular weight is 169 g/mol. The molecule has 0 radical (unpaired) electrons. The summed E-state index contributed by atoms with van der Waals surface area (Å²) in [6.45, 7) is 2.88. The molecule has 3 heteroatoms. The molecule has 0 unspecified atom stereocenters. The first kappa shape index (κ1) is 10.8. The fourth-order valence-corrected chi connectivity index (χ4v) is 0.464. The van der Waals surface area contributed by atoms with Crippen LogP contribution in [0.15, 0.2) is 24.3 Å². The van der Waals surface area contributed by atoms with E-state index in [0.717, 1.165) is 13.0 Å². The Bertz CT molecular complexity index is 190. The number of nitrogens with two attached hydrogens (primary N) is 1. The molecule has 1 aromatic rings. The number of rotatable bonds is 1. The zero-order valence-corrected chi connectivity index (χ0v) is 7.20. The van der Waals surface area contributed by atoms with Gasteiger partial charge in [-0.2, -0.15) is 0 Å². The monoisotopic (exact) mass is 169 g/mol. The second-order valence-electron chi connectivity index (χ2n) is 2.28. The Morgan fingerprint density at radius 3 is 1.67 bits per heavy atom. The van der Waals surface area contributed by atoms with E-state index < -0.39 is 0 Å². The fraction of sp³-hybridized carbons (Fsp3) is 0.333. The second kappa shape index (κ2) is 6.49. The Morgan fingerprint density at radius 1 is 1.17 bits per heavy atom. The van der Waals surface area contributed by atoms with Crippen LogP contribution in [-0.2, 0) is 0 Å². The van der Waals surface area contributed by atoms with Crippen molar-refractivity contribution in [3.05, 3.63) is 24.3 Å². The molecule has 0 saturated carbocycles. The van der Waals surface area contributed by atoms with Crippen LogP contribution in [0, 0.1) is 0 Å². The number of benzene rings is 1. The first-order valence-corrected chi connectivity index (χ1v) is 3.89. The fourth-order valence-electron chi connectivity index (χ4n) is 0.464. The zero-order valence-electron chi connectivity index (χ0n) is 7.20. The Kier molecular flexibility index (Phi) is 5.83. The number of phenols is 2. The smallest absolute Gasteiger partial charge is 0.157 e. The van der Waals surface area contributed by atoms with E-state index in [1.165, 1.54) is 12.1 Å². The Morgan fingerprint density at radius 2 is 1.50 bits per heavy atom. The summed E-state index contributed by atoms with van der Waals surface area (Å²) in [7, 11) is 0. The largest absolute Gasteiger partial charge is 0.504 e. The van der Waals surface area contributed by atoms with Crippen molar-refractivity contribution in [3.8, 4) is 11.5 Å². The molecule has 0 spiro atoms. The van der Waals surface area contributed by atoms with Gasteiger partial charge in [-0.05, 0) is 25.1 Å². The predicted octanol–water partition coefficient (Wildman–Crippen LogP) is 1.45. The van der Waals surface area contributed by atoms with Crippen molar-refractivity contribution in [2.24, 2.45) is 5.73 Å². The summed E-state index contributed by atoms with van der Waals surface area (Å²) in [4.78, 5) is 0. The summed E-state index contributed by atoms with van der Waals surface area (Å²) < 4.78 is 0. The molecular formula is C9H15NO2. The maximum Gasteiger partial charge on any atom is 0.157 e. The van der Waals surface area contributed by atoms with Gasteiger partial charge in [-0.1, -0.05) is 19.1 Å². The van der Waals surface area contributed by atoms with Gasteiger partial charge in [0.25, 0.3) is 0 Å². The van der Waals surface area contributed by atoms with Gasteiger partial charge in [-0.15, -0.1) is 0 Å². The van der Waals surface area contributed by atoms with Crippen LogP contribution < -0.4 is 5.73 Å². The highest BCUT2D eigenvalue weighted by atomic mass is 16.3. The molecule has 0 bridgehead atoms. The molecule has 12 heavy (non-hydrogen) atoms. The van der Waals surface area contributed by atoms with E-state index in [-0.39, 0.29) is 11.5 Å². The SMILES string of the molecule is CCCN.Oc1ccccc1O. The third-order valence-corrected chi connectivity index (χ3v) is 1.17. The van der Waals surface area contributed by atoms with Crippen LogP contribution in [-0.4, -0.2) is 16.8 Å². The van der Waals surface area contributed by atoms with Crippen LogP contribution in [0.2, 0.25) is 0 Å². The van der Waals surface area contributed by atoms with Crippen molar-refractivity contribution in [1.29, 1.82) is 0 Å². The maximum absolute atomic E-state index is 8.67. The van der Waals surface area contributed by atoms with E-state index in [1.807, 2.05) is 0 Å². The number of hydrogen-bond donors (Lipinski definition) is 3. The lowest BCUT2D eigenvalue weighted by Crippen LogP contribution is -1.93. The Hall–Kier alpha value is -1.22. The molecule has 0 aliphatic rings. The van der Waals surface area contributed by atoms with Gasteiger partial charge >= 0.3 is 0 Å². The van der Waals surface area contributed by atoms with Crippen LogP contribution in [0.4, 0.5) is 0 Å². The van der Waals surface area contributed by atoms with E-state index in [4.69, 9.17) is 15.9 Å². The molecule has 0 heterocycles. The molecule has 0 saturated heterocycles. The van der Waals surface area contributed by atoms with E-state index in [2.05, 4.69) is 6.92 Å². The van der Waals surface area contributed by atoms with Gasteiger partial charge in [0, 0.05) is 0 Å². The van der Waals surface area contributed by atoms with Crippen LogP contribution >= 0.6 is 0 Å². The zero-order chi connectivity index (χ0) is 9.40. The van der Waals surface area contributed by atoms with Crippen molar-refractivity contribution >= 4 is 0 Å². The highest BCUT2D eigenvalue weighted by Gasteiger charge is 1.90. The minimum Gasteiger partial charge on any atom is -0.504 e. The molecule has 0 aromatic heterocycles. The van der Waals surface area contributed by atoms with Crippen LogP contribution in [0.3, 0.4) is 0 Å². The lowest BCUT2D eigenvalue weighted by molar-refractivity contribution is 0.404. The summed E-state index contributed by atoms with van der Waals surface area (Å²) in [5.74, 6) is -0.153. The molecule has 68 valence electrons. The molecule has 1 rings (SSSR count). The van der Waals surface area contributed by atoms with Gasteiger partial charge in [0.2, 0.25) is 0 Å². The Labute approximate surface area is 72.5 Å². The third kappa shape index (κ3) is 4.57. The number of aromatic hydroxyl groups is 2.